The largest absolute Gasteiger partial charge is 0.490 e. The minimum atomic E-state index is -5.08. The van der Waals surface area contributed by atoms with E-state index in [1.54, 1.807) is 0 Å². The summed E-state index contributed by atoms with van der Waals surface area (Å²) in [6, 6.07) is 10.3. The van der Waals surface area contributed by atoms with Crippen LogP contribution in [-0.2, 0) is 20.9 Å². The Bertz CT molecular complexity index is 836. The number of carbonyl (C=O) groups is 3. The van der Waals surface area contributed by atoms with E-state index in [4.69, 9.17) is 25.5 Å². The topological polar surface area (TPSA) is 124 Å². The van der Waals surface area contributed by atoms with Crippen LogP contribution in [0.2, 0.25) is 0 Å². The normalized spacial score (nSPS) is 20.7. The van der Waals surface area contributed by atoms with E-state index in [0.29, 0.717) is 6.42 Å². The summed E-state index contributed by atoms with van der Waals surface area (Å²) in [4.78, 5) is 34.3. The molecule has 1 fully saturated rings. The molecule has 3 rings (SSSR count). The summed E-state index contributed by atoms with van der Waals surface area (Å²) in [5.74, 6) is -5.42. The Labute approximate surface area is 190 Å². The predicted octanol–water partition coefficient (Wildman–Crippen LogP) is 2.25. The molecule has 1 unspecified atom stereocenters. The van der Waals surface area contributed by atoms with Gasteiger partial charge in [-0.05, 0) is 12.0 Å². The molecular weight excluding hydrogens is 476 g/mol. The zero-order valence-corrected chi connectivity index (χ0v) is 17.6. The van der Waals surface area contributed by atoms with Crippen molar-refractivity contribution in [1.29, 1.82) is 0 Å². The van der Waals surface area contributed by atoms with Gasteiger partial charge in [0.1, 0.15) is 0 Å². The molecule has 1 aromatic rings. The number of aliphatic carboxylic acids is 2. The highest BCUT2D eigenvalue weighted by Crippen LogP contribution is 2.18. The Hall–Kier alpha value is -3.13. The minimum Gasteiger partial charge on any atom is -0.475 e. The number of carboxylic acids is 2. The predicted molar refractivity (Wildman–Crippen MR) is 106 cm³/mol. The zero-order valence-electron chi connectivity index (χ0n) is 17.6. The number of fused-ring (bicyclic) bond motifs is 1. The molecule has 0 aliphatic carbocycles. The highest BCUT2D eigenvalue weighted by atomic mass is 19.4. The summed E-state index contributed by atoms with van der Waals surface area (Å²) in [5.41, 5.74) is 7.21. The van der Waals surface area contributed by atoms with Crippen molar-refractivity contribution >= 4 is 17.8 Å². The van der Waals surface area contributed by atoms with Gasteiger partial charge in [0.05, 0.1) is 12.1 Å². The van der Waals surface area contributed by atoms with Gasteiger partial charge in [-0.3, -0.25) is 9.69 Å². The number of halogens is 6. The summed E-state index contributed by atoms with van der Waals surface area (Å²) in [7, 11) is 0. The standard InChI is InChI=1S/C16H21N3O.2C2HF3O2/c17-15-8-4-7-14-12-18(9-10-19(14)16(15)20)11-13-5-2-1-3-6-13;2*3-2(4,5)1(6)7/h1-7,14-15H,8-12,17H2;2*(H,6,7)/t14?,15-;;/m0../s1. The molecule has 0 bridgehead atoms. The maximum absolute atomic E-state index is 12.2. The van der Waals surface area contributed by atoms with Crippen LogP contribution < -0.4 is 5.73 Å². The van der Waals surface area contributed by atoms with Gasteiger partial charge in [0, 0.05) is 26.2 Å². The molecule has 0 spiro atoms. The third-order valence-electron chi connectivity index (χ3n) is 4.59. The van der Waals surface area contributed by atoms with Gasteiger partial charge < -0.3 is 20.8 Å². The van der Waals surface area contributed by atoms with Crippen molar-refractivity contribution in [1.82, 2.24) is 9.80 Å². The van der Waals surface area contributed by atoms with Crippen molar-refractivity contribution in [3.63, 3.8) is 0 Å². The second kappa shape index (κ2) is 12.4. The van der Waals surface area contributed by atoms with Gasteiger partial charge in [-0.1, -0.05) is 42.5 Å². The SMILES string of the molecule is N[C@H]1CC=CC2CN(Cc3ccccc3)CCN2C1=O.O=C(O)C(F)(F)F.O=C(O)C(F)(F)F. The number of carboxylic acid groups (broad SMARTS) is 2. The summed E-state index contributed by atoms with van der Waals surface area (Å²) in [6.07, 6.45) is -5.31. The zero-order chi connectivity index (χ0) is 26.1. The van der Waals surface area contributed by atoms with Crippen LogP contribution >= 0.6 is 0 Å². The average molecular weight is 499 g/mol. The van der Waals surface area contributed by atoms with Gasteiger partial charge in [0.15, 0.2) is 0 Å². The Morgan fingerprint density at radius 1 is 0.971 bits per heavy atom. The second-order valence-corrected chi connectivity index (χ2v) is 7.20. The second-order valence-electron chi connectivity index (χ2n) is 7.20. The first-order chi connectivity index (χ1) is 15.6. The number of nitrogens with zero attached hydrogens (tertiary/aromatic N) is 2. The molecule has 0 radical (unpaired) electrons. The van der Waals surface area contributed by atoms with E-state index < -0.39 is 24.3 Å². The van der Waals surface area contributed by atoms with Crippen LogP contribution in [0.4, 0.5) is 26.3 Å². The van der Waals surface area contributed by atoms with Crippen LogP contribution in [0, 0.1) is 0 Å². The summed E-state index contributed by atoms with van der Waals surface area (Å²) in [6.45, 7) is 3.52. The van der Waals surface area contributed by atoms with E-state index in [1.807, 2.05) is 11.0 Å². The van der Waals surface area contributed by atoms with Crippen molar-refractivity contribution in [2.24, 2.45) is 5.73 Å². The molecule has 2 aliphatic heterocycles. The molecule has 34 heavy (non-hydrogen) atoms. The van der Waals surface area contributed by atoms with Crippen LogP contribution in [0.3, 0.4) is 0 Å². The maximum Gasteiger partial charge on any atom is 0.490 e. The van der Waals surface area contributed by atoms with Crippen LogP contribution in [0.5, 0.6) is 0 Å². The van der Waals surface area contributed by atoms with E-state index in [1.165, 1.54) is 5.56 Å². The Morgan fingerprint density at radius 2 is 1.47 bits per heavy atom. The van der Waals surface area contributed by atoms with Crippen molar-refractivity contribution < 1.29 is 50.9 Å². The molecule has 2 heterocycles. The van der Waals surface area contributed by atoms with Gasteiger partial charge in [0.2, 0.25) is 5.91 Å². The highest BCUT2D eigenvalue weighted by molar-refractivity contribution is 5.83. The quantitative estimate of drug-likeness (QED) is 0.421. The van der Waals surface area contributed by atoms with Crippen LogP contribution in [0.1, 0.15) is 12.0 Å². The van der Waals surface area contributed by atoms with Crippen molar-refractivity contribution in [2.75, 3.05) is 19.6 Å². The fraction of sp³-hybridized carbons (Fsp3) is 0.450. The van der Waals surface area contributed by atoms with E-state index >= 15 is 0 Å². The molecule has 1 amide bonds. The highest BCUT2D eigenvalue weighted by Gasteiger charge is 2.39. The van der Waals surface area contributed by atoms with E-state index in [0.717, 1.165) is 26.2 Å². The first-order valence-corrected chi connectivity index (χ1v) is 9.72. The Kier molecular flexibility index (Phi) is 10.5. The molecular formula is C20H23F6N3O5. The van der Waals surface area contributed by atoms with Crippen LogP contribution in [-0.4, -0.2) is 81.9 Å². The smallest absolute Gasteiger partial charge is 0.475 e. The van der Waals surface area contributed by atoms with Gasteiger partial charge >= 0.3 is 24.3 Å². The number of amides is 1. The number of hydrogen-bond acceptors (Lipinski definition) is 5. The van der Waals surface area contributed by atoms with Crippen LogP contribution in [0.15, 0.2) is 42.5 Å². The third kappa shape index (κ3) is 9.79. The summed E-state index contributed by atoms with van der Waals surface area (Å²) >= 11 is 0. The number of nitrogens with two attached hydrogens (primary N) is 1. The van der Waals surface area contributed by atoms with Crippen molar-refractivity contribution in [3.05, 3.63) is 48.0 Å². The number of piperazine rings is 1. The van der Waals surface area contributed by atoms with Gasteiger partial charge in [-0.15, -0.1) is 0 Å². The Morgan fingerprint density at radius 3 is 1.94 bits per heavy atom. The summed E-state index contributed by atoms with van der Waals surface area (Å²) in [5, 5.41) is 14.2. The number of alkyl halides is 6. The van der Waals surface area contributed by atoms with Gasteiger partial charge in [-0.25, -0.2) is 9.59 Å². The Balaban J connectivity index is 0.000000343. The van der Waals surface area contributed by atoms with Gasteiger partial charge in [-0.2, -0.15) is 26.3 Å². The number of rotatable bonds is 2. The first kappa shape index (κ1) is 28.9. The lowest BCUT2D eigenvalue weighted by atomic mass is 10.1. The third-order valence-corrected chi connectivity index (χ3v) is 4.59. The van der Waals surface area contributed by atoms with Gasteiger partial charge in [0.25, 0.3) is 0 Å². The maximum atomic E-state index is 12.2. The molecule has 8 nitrogen and oxygen atoms in total. The molecule has 0 saturated carbocycles. The molecule has 14 heteroatoms. The van der Waals surface area contributed by atoms with E-state index in [-0.39, 0.29) is 18.0 Å². The number of hydrogen-bond donors (Lipinski definition) is 3. The molecule has 4 N–H and O–H groups in total. The average Bonchev–Trinajstić information content (AvgIpc) is 2.87. The number of carbonyl (C=O) groups excluding carboxylic acids is 1. The monoisotopic (exact) mass is 499 g/mol. The molecule has 1 aromatic carbocycles. The van der Waals surface area contributed by atoms with E-state index in [2.05, 4.69) is 41.3 Å². The van der Waals surface area contributed by atoms with Crippen molar-refractivity contribution in [3.8, 4) is 0 Å². The molecule has 1 saturated heterocycles. The minimum absolute atomic E-state index is 0.0966. The fourth-order valence-electron chi connectivity index (χ4n) is 2.99. The lowest BCUT2D eigenvalue weighted by molar-refractivity contribution is -0.193. The fourth-order valence-corrected chi connectivity index (χ4v) is 2.99. The lowest BCUT2D eigenvalue weighted by Crippen LogP contribution is -2.56. The molecule has 190 valence electrons. The number of benzene rings is 1. The van der Waals surface area contributed by atoms with Crippen molar-refractivity contribution in [2.45, 2.75) is 37.4 Å². The summed E-state index contributed by atoms with van der Waals surface area (Å²) < 4.78 is 63.5. The molecule has 2 aliphatic rings. The molecule has 0 aromatic heterocycles. The van der Waals surface area contributed by atoms with E-state index in [9.17, 15) is 31.1 Å². The van der Waals surface area contributed by atoms with Crippen LogP contribution in [0.25, 0.3) is 0 Å². The lowest BCUT2D eigenvalue weighted by Gasteiger charge is -2.40. The molecule has 2 atom stereocenters. The first-order valence-electron chi connectivity index (χ1n) is 9.72.